The van der Waals surface area contributed by atoms with Gasteiger partial charge < -0.3 is 19.6 Å². The zero-order valence-electron chi connectivity index (χ0n) is 20.4. The molecule has 1 aliphatic rings. The van der Waals surface area contributed by atoms with Crippen molar-refractivity contribution >= 4 is 21.9 Å². The van der Waals surface area contributed by atoms with E-state index in [4.69, 9.17) is 4.74 Å². The van der Waals surface area contributed by atoms with E-state index in [2.05, 4.69) is 59.7 Å². The van der Waals surface area contributed by atoms with E-state index < -0.39 is 0 Å². The number of rotatable bonds is 5. The highest BCUT2D eigenvalue weighted by Crippen LogP contribution is 2.33. The molecule has 1 fully saturated rings. The molecule has 5 aromatic heterocycles. The molecule has 9 nitrogen and oxygen atoms in total. The summed E-state index contributed by atoms with van der Waals surface area (Å²) in [7, 11) is 0. The van der Waals surface area contributed by atoms with Crippen molar-refractivity contribution in [3.05, 3.63) is 73.2 Å². The van der Waals surface area contributed by atoms with Crippen molar-refractivity contribution in [2.24, 2.45) is 0 Å². The molecule has 0 spiro atoms. The summed E-state index contributed by atoms with van der Waals surface area (Å²) >= 11 is 0. The molecular weight excluding hydrogens is 464 g/mol. The topological polar surface area (TPSA) is 109 Å². The van der Waals surface area contributed by atoms with Gasteiger partial charge >= 0.3 is 0 Å². The van der Waals surface area contributed by atoms with Crippen LogP contribution in [-0.4, -0.2) is 53.9 Å². The highest BCUT2D eigenvalue weighted by molar-refractivity contribution is 5.98. The number of aryl methyl sites for hydroxylation is 1. The first-order chi connectivity index (χ1) is 18.2. The second-order valence-electron chi connectivity index (χ2n) is 9.51. The minimum absolute atomic E-state index is 0.220. The number of hydrogen-bond acceptors (Lipinski definition) is 6. The monoisotopic (exact) mass is 490 g/mol. The summed E-state index contributed by atoms with van der Waals surface area (Å²) in [5.41, 5.74) is 7.51. The largest absolute Gasteiger partial charge is 0.489 e. The Balaban J connectivity index is 1.26. The molecule has 184 valence electrons. The summed E-state index contributed by atoms with van der Waals surface area (Å²) in [6, 6.07) is 12.5. The SMILES string of the molecule is Cc1cn(-c2cccc3[nH]c(-c4[nH]nc5ncc(-c6cncc(OC7CCNCC7)c6)cc45)cc23)cn1. The summed E-state index contributed by atoms with van der Waals surface area (Å²) < 4.78 is 8.26. The van der Waals surface area contributed by atoms with E-state index >= 15 is 0 Å². The van der Waals surface area contributed by atoms with E-state index in [9.17, 15) is 0 Å². The highest BCUT2D eigenvalue weighted by Gasteiger charge is 2.17. The van der Waals surface area contributed by atoms with Crippen LogP contribution >= 0.6 is 0 Å². The predicted molar refractivity (Wildman–Crippen MR) is 143 cm³/mol. The van der Waals surface area contributed by atoms with E-state index in [1.807, 2.05) is 48.5 Å². The van der Waals surface area contributed by atoms with Crippen LogP contribution in [0.1, 0.15) is 18.5 Å². The Bertz CT molecular complexity index is 1720. The third-order valence-corrected chi connectivity index (χ3v) is 6.95. The number of piperidine rings is 1. The fraction of sp³-hybridized carbons (Fsp3) is 0.214. The number of benzene rings is 1. The lowest BCUT2D eigenvalue weighted by Gasteiger charge is -2.23. The quantitative estimate of drug-likeness (QED) is 0.321. The van der Waals surface area contributed by atoms with Gasteiger partial charge in [-0.1, -0.05) is 6.07 Å². The Morgan fingerprint density at radius 3 is 2.73 bits per heavy atom. The average Bonchev–Trinajstić information content (AvgIpc) is 3.66. The van der Waals surface area contributed by atoms with Gasteiger partial charge in [0.25, 0.3) is 0 Å². The van der Waals surface area contributed by atoms with Gasteiger partial charge in [0.2, 0.25) is 0 Å². The summed E-state index contributed by atoms with van der Waals surface area (Å²) in [6.07, 6.45) is 11.6. The maximum atomic E-state index is 6.21. The number of hydrogen-bond donors (Lipinski definition) is 3. The lowest BCUT2D eigenvalue weighted by atomic mass is 10.1. The van der Waals surface area contributed by atoms with Crippen LogP contribution in [0.2, 0.25) is 0 Å². The second kappa shape index (κ2) is 8.86. The normalized spacial score (nSPS) is 14.5. The molecule has 9 heteroatoms. The molecule has 0 saturated carbocycles. The van der Waals surface area contributed by atoms with Crippen molar-refractivity contribution in [1.82, 2.24) is 40.0 Å². The van der Waals surface area contributed by atoms with Gasteiger partial charge in [-0.25, -0.2) is 9.97 Å². The van der Waals surface area contributed by atoms with Crippen LogP contribution in [0.4, 0.5) is 0 Å². The molecule has 7 rings (SSSR count). The van der Waals surface area contributed by atoms with Gasteiger partial charge in [0, 0.05) is 46.0 Å². The first-order valence-electron chi connectivity index (χ1n) is 12.5. The Labute approximate surface area is 212 Å². The zero-order valence-corrected chi connectivity index (χ0v) is 20.4. The van der Waals surface area contributed by atoms with Crippen molar-refractivity contribution < 1.29 is 4.74 Å². The summed E-state index contributed by atoms with van der Waals surface area (Å²) in [6.45, 7) is 3.96. The first kappa shape index (κ1) is 21.8. The molecule has 0 radical (unpaired) electrons. The van der Waals surface area contributed by atoms with Crippen molar-refractivity contribution in [1.29, 1.82) is 0 Å². The number of ether oxygens (including phenoxy) is 1. The van der Waals surface area contributed by atoms with E-state index in [0.29, 0.717) is 5.65 Å². The van der Waals surface area contributed by atoms with Crippen molar-refractivity contribution in [3.63, 3.8) is 0 Å². The molecule has 1 aliphatic heterocycles. The number of H-pyrrole nitrogens is 2. The fourth-order valence-electron chi connectivity index (χ4n) is 5.06. The van der Waals surface area contributed by atoms with Crippen molar-refractivity contribution in [2.75, 3.05) is 13.1 Å². The standard InChI is InChI=1S/C28H26N8O/c1-17-15-36(16-32-17)26-4-2-3-24-22(26)11-25(33-24)27-23-10-19(13-31-28(23)35-34-27)18-9-21(14-30-12-18)37-20-5-7-29-8-6-20/h2-4,9-16,20,29,33H,5-8H2,1H3,(H,31,34,35). The van der Waals surface area contributed by atoms with E-state index in [1.54, 1.807) is 6.20 Å². The van der Waals surface area contributed by atoms with Crippen molar-refractivity contribution in [2.45, 2.75) is 25.9 Å². The number of aromatic amines is 2. The fourth-order valence-corrected chi connectivity index (χ4v) is 5.06. The highest BCUT2D eigenvalue weighted by atomic mass is 16.5. The lowest BCUT2D eigenvalue weighted by molar-refractivity contribution is 0.162. The van der Waals surface area contributed by atoms with Crippen LogP contribution in [0.25, 0.3) is 50.1 Å². The second-order valence-corrected chi connectivity index (χ2v) is 9.51. The lowest BCUT2D eigenvalue weighted by Crippen LogP contribution is -2.34. The van der Waals surface area contributed by atoms with Gasteiger partial charge in [0.1, 0.15) is 11.9 Å². The van der Waals surface area contributed by atoms with Crippen LogP contribution in [0.15, 0.2) is 67.5 Å². The maximum absolute atomic E-state index is 6.21. The molecular formula is C28H26N8O. The molecule has 1 aromatic carbocycles. The Morgan fingerprint density at radius 1 is 0.973 bits per heavy atom. The molecule has 0 aliphatic carbocycles. The molecule has 0 amide bonds. The molecule has 6 aromatic rings. The Hall–Kier alpha value is -4.50. The van der Waals surface area contributed by atoms with Gasteiger partial charge in [-0.3, -0.25) is 10.1 Å². The first-order valence-corrected chi connectivity index (χ1v) is 12.5. The number of fused-ring (bicyclic) bond motifs is 2. The summed E-state index contributed by atoms with van der Waals surface area (Å²) in [4.78, 5) is 17.0. The van der Waals surface area contributed by atoms with Crippen LogP contribution in [-0.2, 0) is 0 Å². The van der Waals surface area contributed by atoms with E-state index in [-0.39, 0.29) is 6.10 Å². The number of pyridine rings is 2. The van der Waals surface area contributed by atoms with Gasteiger partial charge in [0.05, 0.1) is 35.3 Å². The maximum Gasteiger partial charge on any atom is 0.181 e. The van der Waals surface area contributed by atoms with Gasteiger partial charge in [0.15, 0.2) is 5.65 Å². The molecule has 0 unspecified atom stereocenters. The predicted octanol–water partition coefficient (Wildman–Crippen LogP) is 4.79. The zero-order chi connectivity index (χ0) is 24.8. The molecule has 0 bridgehead atoms. The minimum Gasteiger partial charge on any atom is -0.489 e. The van der Waals surface area contributed by atoms with Gasteiger partial charge in [-0.15, -0.1) is 0 Å². The average molecular weight is 491 g/mol. The number of nitrogens with one attached hydrogen (secondary N) is 3. The molecule has 3 N–H and O–H groups in total. The molecule has 1 saturated heterocycles. The number of aromatic nitrogens is 7. The van der Waals surface area contributed by atoms with Crippen LogP contribution < -0.4 is 10.1 Å². The summed E-state index contributed by atoms with van der Waals surface area (Å²) in [5.74, 6) is 0.787. The Morgan fingerprint density at radius 2 is 1.86 bits per heavy atom. The van der Waals surface area contributed by atoms with Crippen LogP contribution in [0.3, 0.4) is 0 Å². The minimum atomic E-state index is 0.220. The molecule has 37 heavy (non-hydrogen) atoms. The number of nitrogens with zero attached hydrogens (tertiary/aromatic N) is 5. The van der Waals surface area contributed by atoms with Crippen LogP contribution in [0, 0.1) is 6.92 Å². The third kappa shape index (κ3) is 4.03. The van der Waals surface area contributed by atoms with Gasteiger partial charge in [-0.2, -0.15) is 5.10 Å². The van der Waals surface area contributed by atoms with Gasteiger partial charge in [-0.05, 0) is 63.2 Å². The third-order valence-electron chi connectivity index (χ3n) is 6.95. The summed E-state index contributed by atoms with van der Waals surface area (Å²) in [5, 5.41) is 13.1. The smallest absolute Gasteiger partial charge is 0.181 e. The Kier molecular flexibility index (Phi) is 5.21. The number of imidazole rings is 1. The molecule has 0 atom stereocenters. The van der Waals surface area contributed by atoms with Crippen molar-refractivity contribution in [3.8, 4) is 34.0 Å². The van der Waals surface area contributed by atoms with E-state index in [0.717, 1.165) is 81.9 Å². The van der Waals surface area contributed by atoms with E-state index in [1.165, 1.54) is 0 Å². The van der Waals surface area contributed by atoms with Crippen LogP contribution in [0.5, 0.6) is 5.75 Å². The molecule has 6 heterocycles.